The number of hydrogen-bond donors (Lipinski definition) is 1. The molecule has 2 fully saturated rings. The van der Waals surface area contributed by atoms with Crippen LogP contribution in [0.1, 0.15) is 59.8 Å². The molecule has 3 atom stereocenters. The van der Waals surface area contributed by atoms with Crippen LogP contribution in [-0.4, -0.2) is 36.1 Å². The van der Waals surface area contributed by atoms with Crippen molar-refractivity contribution in [2.45, 2.75) is 71.4 Å². The van der Waals surface area contributed by atoms with E-state index in [-0.39, 0.29) is 0 Å². The Morgan fingerprint density at radius 3 is 2.72 bits per heavy atom. The molecule has 1 N–H and O–H groups in total. The van der Waals surface area contributed by atoms with Crippen LogP contribution in [0.5, 0.6) is 0 Å². The first-order chi connectivity index (χ1) is 8.46. The van der Waals surface area contributed by atoms with Gasteiger partial charge in [0.25, 0.3) is 0 Å². The van der Waals surface area contributed by atoms with E-state index in [1.165, 1.54) is 45.2 Å². The van der Waals surface area contributed by atoms with E-state index < -0.39 is 0 Å². The summed E-state index contributed by atoms with van der Waals surface area (Å²) in [6.07, 6.45) is 7.31. The molecule has 0 amide bonds. The predicted molar refractivity (Wildman–Crippen MR) is 78.9 cm³/mol. The van der Waals surface area contributed by atoms with Gasteiger partial charge in [-0.2, -0.15) is 0 Å². The van der Waals surface area contributed by atoms with Crippen molar-refractivity contribution >= 4 is 0 Å². The van der Waals surface area contributed by atoms with E-state index in [9.17, 15) is 0 Å². The van der Waals surface area contributed by atoms with Crippen LogP contribution in [-0.2, 0) is 0 Å². The maximum Gasteiger partial charge on any atom is 0.0252 e. The first-order valence-electron chi connectivity index (χ1n) is 7.95. The minimum absolute atomic E-state index is 0.298. The van der Waals surface area contributed by atoms with E-state index in [1.807, 2.05) is 0 Å². The highest BCUT2D eigenvalue weighted by atomic mass is 15.2. The third kappa shape index (κ3) is 3.96. The minimum Gasteiger partial charge on any atom is -0.309 e. The molecule has 0 spiro atoms. The van der Waals surface area contributed by atoms with Crippen molar-refractivity contribution in [3.63, 3.8) is 0 Å². The van der Waals surface area contributed by atoms with Gasteiger partial charge in [0.2, 0.25) is 0 Å². The van der Waals surface area contributed by atoms with Gasteiger partial charge in [-0.1, -0.05) is 26.2 Å². The molecule has 2 nitrogen and oxygen atoms in total. The largest absolute Gasteiger partial charge is 0.309 e. The van der Waals surface area contributed by atoms with Gasteiger partial charge in [-0.15, -0.1) is 0 Å². The molecule has 18 heavy (non-hydrogen) atoms. The predicted octanol–water partition coefficient (Wildman–Crippen LogP) is 3.28. The van der Waals surface area contributed by atoms with Crippen LogP contribution in [0.25, 0.3) is 0 Å². The van der Waals surface area contributed by atoms with Gasteiger partial charge in [0, 0.05) is 24.7 Å². The van der Waals surface area contributed by atoms with Crippen molar-refractivity contribution in [1.82, 2.24) is 10.2 Å². The maximum atomic E-state index is 3.64. The van der Waals surface area contributed by atoms with E-state index in [2.05, 4.69) is 37.9 Å². The molecular formula is C16H32N2. The highest BCUT2D eigenvalue weighted by molar-refractivity contribution is 4.90. The fourth-order valence-corrected chi connectivity index (χ4v) is 3.74. The maximum absolute atomic E-state index is 3.64. The number of nitrogens with zero attached hydrogens (tertiary/aromatic N) is 1. The van der Waals surface area contributed by atoms with Gasteiger partial charge in [0.1, 0.15) is 0 Å². The van der Waals surface area contributed by atoms with Gasteiger partial charge in [-0.3, -0.25) is 4.90 Å². The molecule has 2 rings (SSSR count). The molecule has 3 unspecified atom stereocenters. The average molecular weight is 252 g/mol. The highest BCUT2D eigenvalue weighted by Crippen LogP contribution is 2.31. The van der Waals surface area contributed by atoms with E-state index in [1.54, 1.807) is 0 Å². The Labute approximate surface area is 114 Å². The Balaban J connectivity index is 1.77. The van der Waals surface area contributed by atoms with Gasteiger partial charge >= 0.3 is 0 Å². The molecule has 0 radical (unpaired) electrons. The molecule has 0 bridgehead atoms. The summed E-state index contributed by atoms with van der Waals surface area (Å²) in [5, 5.41) is 3.64. The summed E-state index contributed by atoms with van der Waals surface area (Å²) in [5.74, 6) is 1.97. The summed E-state index contributed by atoms with van der Waals surface area (Å²) >= 11 is 0. The monoisotopic (exact) mass is 252 g/mol. The number of rotatable bonds is 3. The van der Waals surface area contributed by atoms with Gasteiger partial charge in [0.15, 0.2) is 0 Å². The van der Waals surface area contributed by atoms with Crippen molar-refractivity contribution in [1.29, 1.82) is 0 Å². The SMILES string of the molecule is CC1CCCC(CCN2CC(C)(C)NCC2C)C1. The third-order valence-corrected chi connectivity index (χ3v) is 4.97. The van der Waals surface area contributed by atoms with E-state index in [0.717, 1.165) is 18.4 Å². The first-order valence-corrected chi connectivity index (χ1v) is 7.95. The van der Waals surface area contributed by atoms with Crippen LogP contribution >= 0.6 is 0 Å². The molecule has 1 saturated carbocycles. The zero-order valence-corrected chi connectivity index (χ0v) is 12.8. The van der Waals surface area contributed by atoms with Crippen LogP contribution in [0.2, 0.25) is 0 Å². The summed E-state index contributed by atoms with van der Waals surface area (Å²) < 4.78 is 0. The molecule has 2 heteroatoms. The Bertz CT molecular complexity index is 262. The Morgan fingerprint density at radius 2 is 2.00 bits per heavy atom. The Kier molecular flexibility index (Phi) is 4.71. The zero-order valence-electron chi connectivity index (χ0n) is 12.8. The fourth-order valence-electron chi connectivity index (χ4n) is 3.74. The molecule has 0 aromatic rings. The topological polar surface area (TPSA) is 15.3 Å². The lowest BCUT2D eigenvalue weighted by molar-refractivity contribution is 0.0933. The van der Waals surface area contributed by atoms with Crippen LogP contribution in [0, 0.1) is 11.8 Å². The van der Waals surface area contributed by atoms with Crippen molar-refractivity contribution in [3.8, 4) is 0 Å². The van der Waals surface area contributed by atoms with Gasteiger partial charge in [-0.25, -0.2) is 0 Å². The lowest BCUT2D eigenvalue weighted by Gasteiger charge is -2.44. The van der Waals surface area contributed by atoms with Gasteiger partial charge in [0.05, 0.1) is 0 Å². The second-order valence-corrected chi connectivity index (χ2v) is 7.51. The first kappa shape index (κ1) is 14.3. The summed E-state index contributed by atoms with van der Waals surface area (Å²) in [4.78, 5) is 2.70. The normalized spacial score (nSPS) is 37.7. The smallest absolute Gasteiger partial charge is 0.0252 e. The molecule has 106 valence electrons. The molecule has 1 saturated heterocycles. The average Bonchev–Trinajstić information content (AvgIpc) is 2.30. The summed E-state index contributed by atoms with van der Waals surface area (Å²) in [6, 6.07) is 0.707. The second kappa shape index (κ2) is 5.92. The number of hydrogen-bond acceptors (Lipinski definition) is 2. The minimum atomic E-state index is 0.298. The third-order valence-electron chi connectivity index (χ3n) is 4.97. The molecule has 0 aromatic carbocycles. The molecule has 1 heterocycles. The van der Waals surface area contributed by atoms with Crippen molar-refractivity contribution < 1.29 is 0 Å². The van der Waals surface area contributed by atoms with Crippen molar-refractivity contribution in [3.05, 3.63) is 0 Å². The summed E-state index contributed by atoms with van der Waals surface area (Å²) in [6.45, 7) is 13.1. The molecule has 1 aliphatic heterocycles. The van der Waals surface area contributed by atoms with Crippen molar-refractivity contribution in [2.75, 3.05) is 19.6 Å². The highest BCUT2D eigenvalue weighted by Gasteiger charge is 2.30. The molecule has 2 aliphatic rings. The summed E-state index contributed by atoms with van der Waals surface area (Å²) in [5.41, 5.74) is 0.298. The van der Waals surface area contributed by atoms with E-state index >= 15 is 0 Å². The quantitative estimate of drug-likeness (QED) is 0.829. The molecule has 1 aliphatic carbocycles. The van der Waals surface area contributed by atoms with Gasteiger partial charge < -0.3 is 5.32 Å². The van der Waals surface area contributed by atoms with Crippen LogP contribution < -0.4 is 5.32 Å². The number of piperazine rings is 1. The second-order valence-electron chi connectivity index (χ2n) is 7.51. The lowest BCUT2D eigenvalue weighted by atomic mass is 9.80. The summed E-state index contributed by atoms with van der Waals surface area (Å²) in [7, 11) is 0. The van der Waals surface area contributed by atoms with E-state index in [0.29, 0.717) is 11.6 Å². The number of nitrogens with one attached hydrogen (secondary N) is 1. The van der Waals surface area contributed by atoms with Gasteiger partial charge in [-0.05, 0) is 52.0 Å². The lowest BCUT2D eigenvalue weighted by Crippen LogP contribution is -2.60. The van der Waals surface area contributed by atoms with Crippen LogP contribution in [0.4, 0.5) is 0 Å². The van der Waals surface area contributed by atoms with E-state index in [4.69, 9.17) is 0 Å². The van der Waals surface area contributed by atoms with Crippen LogP contribution in [0.15, 0.2) is 0 Å². The standard InChI is InChI=1S/C16H32N2/c1-13-6-5-7-15(10-13)8-9-18-12-16(3,4)17-11-14(18)2/h13-15,17H,5-12H2,1-4H3. The molecular weight excluding hydrogens is 220 g/mol. The van der Waals surface area contributed by atoms with Crippen LogP contribution in [0.3, 0.4) is 0 Å². The molecule has 0 aromatic heterocycles. The zero-order chi connectivity index (χ0) is 13.2. The van der Waals surface area contributed by atoms with Crippen molar-refractivity contribution in [2.24, 2.45) is 11.8 Å². The Morgan fingerprint density at radius 1 is 1.22 bits per heavy atom. The fraction of sp³-hybridized carbons (Fsp3) is 1.00. The Hall–Kier alpha value is -0.0800.